The van der Waals surface area contributed by atoms with Gasteiger partial charge in [0, 0.05) is 36.8 Å². The van der Waals surface area contributed by atoms with Crippen molar-refractivity contribution >= 4 is 47.2 Å². The lowest BCUT2D eigenvalue weighted by Gasteiger charge is -2.29. The number of rotatable bonds is 15. The molecule has 0 spiro atoms. The van der Waals surface area contributed by atoms with Gasteiger partial charge in [-0.2, -0.15) is 0 Å². The van der Waals surface area contributed by atoms with E-state index in [9.17, 15) is 46.7 Å². The van der Waals surface area contributed by atoms with Crippen molar-refractivity contribution < 1.29 is 60.9 Å². The second-order valence-corrected chi connectivity index (χ2v) is 14.0. The summed E-state index contributed by atoms with van der Waals surface area (Å²) in [5.41, 5.74) is 0.745. The third kappa shape index (κ3) is 11.3. The monoisotopic (exact) mass is 822 g/mol. The molecule has 2 fully saturated rings. The average molecular weight is 823 g/mol. The summed E-state index contributed by atoms with van der Waals surface area (Å²) < 4.78 is 52.6. The molecule has 1 unspecified atom stereocenters. The van der Waals surface area contributed by atoms with Crippen LogP contribution in [0.15, 0.2) is 66.7 Å². The Kier molecular flexibility index (Phi) is 13.3. The van der Waals surface area contributed by atoms with Gasteiger partial charge in [-0.1, -0.05) is 6.07 Å². The number of halogens is 3. The van der Waals surface area contributed by atoms with Crippen LogP contribution in [0.5, 0.6) is 17.2 Å². The Labute approximate surface area is 335 Å². The van der Waals surface area contributed by atoms with Crippen molar-refractivity contribution in [3.63, 3.8) is 0 Å². The summed E-state index contributed by atoms with van der Waals surface area (Å²) in [6.45, 7) is 0.225. The van der Waals surface area contributed by atoms with Crippen molar-refractivity contribution in [3.8, 4) is 17.2 Å². The number of alkyl halides is 3. The number of imide groups is 2. The number of ether oxygens (including phenoxy) is 3. The highest BCUT2D eigenvalue weighted by Gasteiger charge is 2.46. The number of benzene rings is 3. The maximum atomic E-state index is 13.2. The van der Waals surface area contributed by atoms with Crippen molar-refractivity contribution in [1.82, 2.24) is 26.2 Å². The van der Waals surface area contributed by atoms with Gasteiger partial charge in [0.1, 0.15) is 23.3 Å². The highest BCUT2D eigenvalue weighted by Crippen LogP contribution is 2.34. The number of urea groups is 1. The molecule has 8 amide bonds. The van der Waals surface area contributed by atoms with Gasteiger partial charge in [0.05, 0.1) is 17.2 Å². The van der Waals surface area contributed by atoms with Crippen LogP contribution in [0.4, 0.5) is 23.7 Å². The zero-order chi connectivity index (χ0) is 42.1. The largest absolute Gasteiger partial charge is 0.573 e. The van der Waals surface area contributed by atoms with E-state index in [0.29, 0.717) is 68.6 Å². The van der Waals surface area contributed by atoms with Gasteiger partial charge in [0.25, 0.3) is 23.6 Å². The quantitative estimate of drug-likeness (QED) is 0.109. The zero-order valence-corrected chi connectivity index (χ0v) is 31.5. The summed E-state index contributed by atoms with van der Waals surface area (Å²) in [5.74, 6) is -3.14. The van der Waals surface area contributed by atoms with Gasteiger partial charge in [0.2, 0.25) is 11.8 Å². The van der Waals surface area contributed by atoms with E-state index < -0.39 is 54.6 Å². The number of nitrogens with one attached hydrogen (secondary N) is 5. The first kappa shape index (κ1) is 42.0. The van der Waals surface area contributed by atoms with Gasteiger partial charge in [-0.25, -0.2) is 4.79 Å². The van der Waals surface area contributed by atoms with E-state index in [4.69, 9.17) is 9.47 Å². The van der Waals surface area contributed by atoms with Crippen LogP contribution >= 0.6 is 0 Å². The molecule has 5 N–H and O–H groups in total. The highest BCUT2D eigenvalue weighted by molar-refractivity contribution is 6.24. The SMILES string of the molecule is O=C(COc1cccc2c1C(=O)N(C1CCC(=O)NC1=O)C2=O)NCCCCNC(=O)c1ccc(OC2CCC(NC(=O)Nc3ccc(OC(F)(F)F)cc3)CC2)cc1. The molecule has 16 nitrogen and oxygen atoms in total. The summed E-state index contributed by atoms with van der Waals surface area (Å²) in [6, 6.07) is 14.2. The number of carbonyl (C=O) groups is 7. The van der Waals surface area contributed by atoms with E-state index >= 15 is 0 Å². The van der Waals surface area contributed by atoms with Crippen molar-refractivity contribution in [2.75, 3.05) is 25.0 Å². The fourth-order valence-corrected chi connectivity index (χ4v) is 6.88. The Hall–Kier alpha value is -6.66. The number of hydrogen-bond acceptors (Lipinski definition) is 10. The molecular weight excluding hydrogens is 781 g/mol. The minimum Gasteiger partial charge on any atom is -0.490 e. The first-order valence-corrected chi connectivity index (χ1v) is 19.0. The molecule has 1 saturated carbocycles. The van der Waals surface area contributed by atoms with Crippen LogP contribution < -0.4 is 40.8 Å². The Balaban J connectivity index is 0.832. The van der Waals surface area contributed by atoms with E-state index in [-0.39, 0.29) is 53.5 Å². The lowest BCUT2D eigenvalue weighted by molar-refractivity contribution is -0.274. The van der Waals surface area contributed by atoms with E-state index in [1.807, 2.05) is 0 Å². The molecule has 1 saturated heterocycles. The first-order chi connectivity index (χ1) is 28.2. The van der Waals surface area contributed by atoms with Crippen LogP contribution in [0.1, 0.15) is 82.4 Å². The Morgan fingerprint density at radius 1 is 0.797 bits per heavy atom. The molecule has 0 radical (unpaired) electrons. The Morgan fingerprint density at radius 3 is 2.15 bits per heavy atom. The number of amides is 8. The van der Waals surface area contributed by atoms with Crippen LogP contribution in [0, 0.1) is 0 Å². The maximum absolute atomic E-state index is 13.2. The van der Waals surface area contributed by atoms with Crippen molar-refractivity contribution in [2.45, 2.75) is 75.9 Å². The molecule has 3 aromatic carbocycles. The van der Waals surface area contributed by atoms with Crippen LogP contribution in [-0.4, -0.2) is 90.6 Å². The molecule has 19 heteroatoms. The van der Waals surface area contributed by atoms with Gasteiger partial charge < -0.3 is 35.5 Å². The second kappa shape index (κ2) is 18.7. The van der Waals surface area contributed by atoms with E-state index in [1.54, 1.807) is 24.3 Å². The number of hydrogen-bond donors (Lipinski definition) is 5. The van der Waals surface area contributed by atoms with Crippen molar-refractivity contribution in [2.24, 2.45) is 0 Å². The number of fused-ring (bicyclic) bond motifs is 1. The summed E-state index contributed by atoms with van der Waals surface area (Å²) in [7, 11) is 0. The van der Waals surface area contributed by atoms with E-state index in [0.717, 1.165) is 17.0 Å². The molecule has 0 aromatic heterocycles. The molecule has 3 aliphatic rings. The molecular formula is C40H41F3N6O10. The fourth-order valence-electron chi connectivity index (χ4n) is 6.88. The minimum absolute atomic E-state index is 0.0105. The molecule has 6 rings (SSSR count). The second-order valence-electron chi connectivity index (χ2n) is 14.0. The summed E-state index contributed by atoms with van der Waals surface area (Å²) in [5, 5.41) is 13.2. The number of piperidine rings is 1. The Morgan fingerprint density at radius 2 is 1.47 bits per heavy atom. The average Bonchev–Trinajstić information content (AvgIpc) is 3.45. The smallest absolute Gasteiger partial charge is 0.490 e. The standard InChI is InChI=1S/C40H41F3N6O10/c41-40(42,43)59-28-16-10-25(11-17-28)47-39(56)46-24-8-14-27(15-9-24)58-26-12-6-23(7-13-26)35(52)45-21-2-1-20-44-33(51)22-57-31-5-3-4-29-34(31)38(55)49(37(29)54)30-18-19-32(50)48-36(30)53/h3-7,10-13,16-17,24,27,30H,1-2,8-9,14-15,18-22H2,(H,44,51)(H,45,52)(H2,46,47,56)(H,48,50,53). The van der Waals surface area contributed by atoms with Crippen molar-refractivity contribution in [3.05, 3.63) is 83.4 Å². The fraction of sp³-hybridized carbons (Fsp3) is 0.375. The first-order valence-electron chi connectivity index (χ1n) is 19.0. The molecule has 3 aromatic rings. The minimum atomic E-state index is -4.80. The lowest BCUT2D eigenvalue weighted by atomic mass is 9.93. The van der Waals surface area contributed by atoms with Gasteiger partial charge in [-0.15, -0.1) is 13.2 Å². The van der Waals surface area contributed by atoms with Gasteiger partial charge in [-0.05, 0) is 106 Å². The lowest BCUT2D eigenvalue weighted by Crippen LogP contribution is -2.54. The van der Waals surface area contributed by atoms with Gasteiger partial charge in [0.15, 0.2) is 6.61 Å². The molecule has 1 aliphatic carbocycles. The van der Waals surface area contributed by atoms with E-state index in [2.05, 4.69) is 31.3 Å². The molecule has 2 aliphatic heterocycles. The molecule has 1 atom stereocenters. The predicted molar refractivity (Wildman–Crippen MR) is 202 cm³/mol. The number of unbranched alkanes of at least 4 members (excludes halogenated alkanes) is 1. The maximum Gasteiger partial charge on any atom is 0.573 e. The zero-order valence-electron chi connectivity index (χ0n) is 31.5. The normalized spacial score (nSPS) is 19.0. The highest BCUT2D eigenvalue weighted by atomic mass is 19.4. The van der Waals surface area contributed by atoms with Crippen LogP contribution in [-0.2, 0) is 14.4 Å². The number of carbonyl (C=O) groups excluding carboxylic acids is 7. The van der Waals surface area contributed by atoms with Crippen molar-refractivity contribution in [1.29, 1.82) is 0 Å². The topological polar surface area (TPSA) is 211 Å². The summed E-state index contributed by atoms with van der Waals surface area (Å²) in [4.78, 5) is 88.4. The molecule has 0 bridgehead atoms. The van der Waals surface area contributed by atoms with Crippen LogP contribution in [0.25, 0.3) is 0 Å². The Bertz CT molecular complexity index is 2070. The summed E-state index contributed by atoms with van der Waals surface area (Å²) >= 11 is 0. The van der Waals surface area contributed by atoms with E-state index in [1.165, 1.54) is 30.3 Å². The third-order valence-corrected chi connectivity index (χ3v) is 9.77. The summed E-state index contributed by atoms with van der Waals surface area (Å²) in [6.07, 6.45) is -1.10. The molecule has 59 heavy (non-hydrogen) atoms. The van der Waals surface area contributed by atoms with Gasteiger partial charge in [-0.3, -0.25) is 39.0 Å². The number of anilines is 1. The van der Waals surface area contributed by atoms with Crippen LogP contribution in [0.3, 0.4) is 0 Å². The third-order valence-electron chi connectivity index (χ3n) is 9.77. The number of nitrogens with zero attached hydrogens (tertiary/aromatic N) is 1. The predicted octanol–water partition coefficient (Wildman–Crippen LogP) is 4.20. The molecule has 312 valence electrons. The van der Waals surface area contributed by atoms with Crippen LogP contribution in [0.2, 0.25) is 0 Å². The van der Waals surface area contributed by atoms with Gasteiger partial charge >= 0.3 is 12.4 Å². The molecule has 2 heterocycles.